The van der Waals surface area contributed by atoms with Crippen molar-refractivity contribution in [3.05, 3.63) is 0 Å². The predicted octanol–water partition coefficient (Wildman–Crippen LogP) is 2.55. The van der Waals surface area contributed by atoms with Gasteiger partial charge >= 0.3 is 0 Å². The minimum absolute atomic E-state index is 0.350. The lowest BCUT2D eigenvalue weighted by Crippen LogP contribution is -2.55. The highest BCUT2D eigenvalue weighted by Gasteiger charge is 2.55. The summed E-state index contributed by atoms with van der Waals surface area (Å²) >= 11 is 0. The number of halogens is 2. The molecule has 3 heteroatoms. The van der Waals surface area contributed by atoms with E-state index in [0.29, 0.717) is 25.7 Å². The highest BCUT2D eigenvalue weighted by atomic mass is 19.3. The van der Waals surface area contributed by atoms with E-state index >= 15 is 0 Å². The molecule has 2 unspecified atom stereocenters. The average Bonchev–Trinajstić information content (AvgIpc) is 1.93. The summed E-state index contributed by atoms with van der Waals surface area (Å²) in [6.07, 6.45) is 3.28. The zero-order valence-electron chi connectivity index (χ0n) is 8.02. The molecule has 2 bridgehead atoms. The van der Waals surface area contributed by atoms with Crippen LogP contribution in [-0.4, -0.2) is 11.5 Å². The smallest absolute Gasteiger partial charge is 0.253 e. The average molecular weight is 189 g/mol. The fourth-order valence-electron chi connectivity index (χ4n) is 3.01. The van der Waals surface area contributed by atoms with E-state index in [2.05, 4.69) is 0 Å². The molecule has 2 rings (SSSR count). The molecular weight excluding hydrogens is 172 g/mol. The van der Waals surface area contributed by atoms with Crippen LogP contribution in [-0.2, 0) is 0 Å². The van der Waals surface area contributed by atoms with Crippen LogP contribution >= 0.6 is 0 Å². The lowest BCUT2D eigenvalue weighted by Gasteiger charge is -2.48. The largest absolute Gasteiger partial charge is 0.325 e. The number of rotatable bonds is 0. The van der Waals surface area contributed by atoms with Gasteiger partial charge in [-0.15, -0.1) is 0 Å². The Labute approximate surface area is 77.7 Å². The molecule has 0 aromatic heterocycles. The number of nitrogens with two attached hydrogens (primary N) is 1. The molecule has 2 atom stereocenters. The lowest BCUT2D eigenvalue weighted by molar-refractivity contribution is -0.167. The molecule has 2 aliphatic rings. The molecule has 13 heavy (non-hydrogen) atoms. The normalized spacial score (nSPS) is 48.9. The summed E-state index contributed by atoms with van der Waals surface area (Å²) in [6, 6.07) is 0. The Kier molecular flexibility index (Phi) is 1.92. The second-order valence-corrected chi connectivity index (χ2v) is 5.06. The van der Waals surface area contributed by atoms with Crippen molar-refractivity contribution in [3.63, 3.8) is 0 Å². The van der Waals surface area contributed by atoms with Crippen LogP contribution in [0.2, 0.25) is 0 Å². The molecule has 0 heterocycles. The van der Waals surface area contributed by atoms with Crippen molar-refractivity contribution in [2.75, 3.05) is 0 Å². The summed E-state index contributed by atoms with van der Waals surface area (Å²) in [4.78, 5) is 0. The van der Waals surface area contributed by atoms with Crippen molar-refractivity contribution in [2.45, 2.75) is 50.5 Å². The van der Waals surface area contributed by atoms with Gasteiger partial charge in [0, 0.05) is 17.4 Å². The molecule has 2 N–H and O–H groups in total. The molecule has 2 fully saturated rings. The van der Waals surface area contributed by atoms with E-state index in [1.54, 1.807) is 0 Å². The van der Waals surface area contributed by atoms with Gasteiger partial charge < -0.3 is 5.73 Å². The van der Waals surface area contributed by atoms with Crippen LogP contribution < -0.4 is 5.73 Å². The molecule has 0 aliphatic heterocycles. The molecule has 0 amide bonds. The molecule has 0 radical (unpaired) electrons. The Morgan fingerprint density at radius 3 is 2.08 bits per heavy atom. The summed E-state index contributed by atoms with van der Waals surface area (Å²) in [5.41, 5.74) is 5.61. The third kappa shape index (κ3) is 1.47. The third-order valence-electron chi connectivity index (χ3n) is 3.62. The standard InChI is InChI=1S/C10H17F2N/c1-9(13)5-7-3-2-4-8(6-9)10(7,11)12/h7-8H,2-6,13H2,1H3. The van der Waals surface area contributed by atoms with E-state index in [1.807, 2.05) is 6.92 Å². The lowest BCUT2D eigenvalue weighted by atomic mass is 9.63. The zero-order chi connectivity index (χ0) is 9.69. The molecule has 0 saturated heterocycles. The number of fused-ring (bicyclic) bond motifs is 2. The molecule has 76 valence electrons. The van der Waals surface area contributed by atoms with E-state index in [0.717, 1.165) is 6.42 Å². The second kappa shape index (κ2) is 2.66. The van der Waals surface area contributed by atoms with E-state index in [4.69, 9.17) is 5.73 Å². The van der Waals surface area contributed by atoms with Gasteiger partial charge in [-0.3, -0.25) is 0 Å². The summed E-state index contributed by atoms with van der Waals surface area (Å²) < 4.78 is 27.2. The molecule has 0 aromatic carbocycles. The van der Waals surface area contributed by atoms with Crippen molar-refractivity contribution in [3.8, 4) is 0 Å². The summed E-state index contributed by atoms with van der Waals surface area (Å²) in [6.45, 7) is 1.91. The quantitative estimate of drug-likeness (QED) is 0.622. The Morgan fingerprint density at radius 1 is 1.15 bits per heavy atom. The second-order valence-electron chi connectivity index (χ2n) is 5.06. The maximum atomic E-state index is 13.6. The van der Waals surface area contributed by atoms with Gasteiger partial charge in [0.15, 0.2) is 0 Å². The van der Waals surface area contributed by atoms with E-state index in [9.17, 15) is 8.78 Å². The van der Waals surface area contributed by atoms with Gasteiger partial charge in [-0.2, -0.15) is 0 Å². The summed E-state index contributed by atoms with van der Waals surface area (Å²) in [7, 11) is 0. The van der Waals surface area contributed by atoms with Crippen LogP contribution in [0, 0.1) is 11.8 Å². The number of alkyl halides is 2. The Hall–Kier alpha value is -0.180. The highest BCUT2D eigenvalue weighted by molar-refractivity contribution is 5.01. The first-order valence-electron chi connectivity index (χ1n) is 5.08. The van der Waals surface area contributed by atoms with Gasteiger partial charge in [-0.25, -0.2) is 8.78 Å². The van der Waals surface area contributed by atoms with Crippen molar-refractivity contribution in [1.82, 2.24) is 0 Å². The van der Waals surface area contributed by atoms with Gasteiger partial charge in [0.1, 0.15) is 0 Å². The minimum atomic E-state index is -2.43. The van der Waals surface area contributed by atoms with Crippen molar-refractivity contribution < 1.29 is 8.78 Å². The van der Waals surface area contributed by atoms with Crippen molar-refractivity contribution in [1.29, 1.82) is 0 Å². The maximum Gasteiger partial charge on any atom is 0.253 e. The monoisotopic (exact) mass is 189 g/mol. The van der Waals surface area contributed by atoms with Gasteiger partial charge in [0.2, 0.25) is 0 Å². The molecule has 0 aromatic rings. The summed E-state index contributed by atoms with van der Waals surface area (Å²) in [5, 5.41) is 0. The van der Waals surface area contributed by atoms with Crippen LogP contribution in [0.3, 0.4) is 0 Å². The van der Waals surface area contributed by atoms with Crippen molar-refractivity contribution >= 4 is 0 Å². The summed E-state index contributed by atoms with van der Waals surface area (Å²) in [5.74, 6) is -3.33. The first-order valence-corrected chi connectivity index (χ1v) is 5.08. The van der Waals surface area contributed by atoms with E-state index in [1.165, 1.54) is 0 Å². The number of hydrogen-bond acceptors (Lipinski definition) is 1. The predicted molar refractivity (Wildman–Crippen MR) is 47.6 cm³/mol. The topological polar surface area (TPSA) is 26.0 Å². The Morgan fingerprint density at radius 2 is 1.62 bits per heavy atom. The van der Waals surface area contributed by atoms with Crippen LogP contribution in [0.1, 0.15) is 39.0 Å². The Balaban J connectivity index is 2.22. The van der Waals surface area contributed by atoms with Crippen LogP contribution in [0.5, 0.6) is 0 Å². The van der Waals surface area contributed by atoms with Crippen LogP contribution in [0.15, 0.2) is 0 Å². The van der Waals surface area contributed by atoms with Crippen molar-refractivity contribution in [2.24, 2.45) is 17.6 Å². The number of hydrogen-bond donors (Lipinski definition) is 1. The molecule has 2 aliphatic carbocycles. The zero-order valence-corrected chi connectivity index (χ0v) is 8.02. The first-order chi connectivity index (χ1) is 5.92. The SMILES string of the molecule is CC1(N)CC2CCCC(C1)C2(F)F. The molecule has 2 saturated carbocycles. The maximum absolute atomic E-state index is 13.6. The molecule has 1 nitrogen and oxygen atoms in total. The van der Waals surface area contributed by atoms with E-state index < -0.39 is 17.8 Å². The van der Waals surface area contributed by atoms with Crippen LogP contribution in [0.25, 0.3) is 0 Å². The highest BCUT2D eigenvalue weighted by Crippen LogP contribution is 2.52. The van der Waals surface area contributed by atoms with Gasteiger partial charge in [-0.1, -0.05) is 6.42 Å². The fraction of sp³-hybridized carbons (Fsp3) is 1.00. The third-order valence-corrected chi connectivity index (χ3v) is 3.62. The van der Waals surface area contributed by atoms with Gasteiger partial charge in [0.25, 0.3) is 5.92 Å². The van der Waals surface area contributed by atoms with Gasteiger partial charge in [-0.05, 0) is 32.6 Å². The molecule has 0 spiro atoms. The minimum Gasteiger partial charge on any atom is -0.325 e. The van der Waals surface area contributed by atoms with Crippen LogP contribution in [0.4, 0.5) is 8.78 Å². The Bertz CT molecular complexity index is 195. The van der Waals surface area contributed by atoms with E-state index in [-0.39, 0.29) is 5.54 Å². The first kappa shape index (κ1) is 9.38. The molecular formula is C10H17F2N. The fourth-order valence-corrected chi connectivity index (χ4v) is 3.01. The van der Waals surface area contributed by atoms with Gasteiger partial charge in [0.05, 0.1) is 0 Å².